The number of nitro groups is 1. The Morgan fingerprint density at radius 3 is 2.62 bits per heavy atom. The lowest BCUT2D eigenvalue weighted by Gasteiger charge is -2.03. The molecule has 0 aliphatic rings. The van der Waals surface area contributed by atoms with Crippen LogP contribution in [0.4, 0.5) is 10.8 Å². The maximum atomic E-state index is 12.2. The van der Waals surface area contributed by atoms with Crippen molar-refractivity contribution < 1.29 is 22.9 Å². The number of nitrogens with zero attached hydrogens (tertiary/aromatic N) is 3. The zero-order valence-electron chi connectivity index (χ0n) is 12.0. The van der Waals surface area contributed by atoms with E-state index in [0.29, 0.717) is 4.34 Å². The van der Waals surface area contributed by atoms with Gasteiger partial charge in [0.05, 0.1) is 22.7 Å². The van der Waals surface area contributed by atoms with Crippen LogP contribution in [0.2, 0.25) is 0 Å². The third-order valence-corrected chi connectivity index (χ3v) is 5.96. The molecule has 0 bridgehead atoms. The van der Waals surface area contributed by atoms with Gasteiger partial charge in [-0.2, -0.15) is 0 Å². The average Bonchev–Trinajstić information content (AvgIpc) is 2.99. The highest BCUT2D eigenvalue weighted by Crippen LogP contribution is 2.27. The van der Waals surface area contributed by atoms with Gasteiger partial charge in [0.2, 0.25) is 5.13 Å². The van der Waals surface area contributed by atoms with Crippen molar-refractivity contribution in [1.29, 1.82) is 0 Å². The molecule has 1 aromatic carbocycles. The molecule has 1 aromatic heterocycles. The predicted octanol–water partition coefficient (Wildman–Crippen LogP) is 1.51. The molecule has 0 aliphatic carbocycles. The molecule has 10 nitrogen and oxygen atoms in total. The lowest BCUT2D eigenvalue weighted by Crippen LogP contribution is -2.12. The number of esters is 1. The summed E-state index contributed by atoms with van der Waals surface area (Å²) in [4.78, 5) is 20.8. The molecular weight excluding hydrogens is 380 g/mol. The fourth-order valence-corrected chi connectivity index (χ4v) is 4.22. The number of sulfonamides is 1. The van der Waals surface area contributed by atoms with E-state index < -0.39 is 20.9 Å². The maximum absolute atomic E-state index is 12.2. The van der Waals surface area contributed by atoms with Crippen LogP contribution in [0.15, 0.2) is 33.5 Å². The standard InChI is InChI=1S/C11H10N4O6S3/c1-21-9(16)6-22-11-13-12-10(23-11)14-24(19,20)8-4-2-7(3-5-8)15(17)18/h2-5H,6H2,1H3,(H,12,14). The minimum atomic E-state index is -3.94. The van der Waals surface area contributed by atoms with E-state index in [-0.39, 0.29) is 21.5 Å². The van der Waals surface area contributed by atoms with E-state index in [2.05, 4.69) is 19.7 Å². The number of thioether (sulfide) groups is 1. The molecule has 2 rings (SSSR count). The molecule has 24 heavy (non-hydrogen) atoms. The minimum Gasteiger partial charge on any atom is -0.468 e. The van der Waals surface area contributed by atoms with Crippen molar-refractivity contribution in [3.05, 3.63) is 34.4 Å². The highest BCUT2D eigenvalue weighted by Gasteiger charge is 2.18. The number of ether oxygens (including phenoxy) is 1. The van der Waals surface area contributed by atoms with E-state index in [1.54, 1.807) is 0 Å². The van der Waals surface area contributed by atoms with Gasteiger partial charge in [-0.15, -0.1) is 10.2 Å². The molecule has 0 unspecified atom stereocenters. The van der Waals surface area contributed by atoms with Gasteiger partial charge in [0, 0.05) is 12.1 Å². The Labute approximate surface area is 144 Å². The number of aromatic nitrogens is 2. The number of carbonyl (C=O) groups is 1. The van der Waals surface area contributed by atoms with Gasteiger partial charge >= 0.3 is 5.97 Å². The van der Waals surface area contributed by atoms with E-state index in [4.69, 9.17) is 0 Å². The SMILES string of the molecule is COC(=O)CSc1nnc(NS(=O)(=O)c2ccc([N+](=O)[O-])cc2)s1. The number of hydrogen-bond acceptors (Lipinski definition) is 10. The Kier molecular flexibility index (Phi) is 5.69. The van der Waals surface area contributed by atoms with Crippen molar-refractivity contribution in [2.45, 2.75) is 9.24 Å². The second kappa shape index (κ2) is 7.55. The Hall–Kier alpha value is -2.25. The van der Waals surface area contributed by atoms with Crippen molar-refractivity contribution in [2.24, 2.45) is 0 Å². The van der Waals surface area contributed by atoms with Crippen LogP contribution in [0, 0.1) is 10.1 Å². The summed E-state index contributed by atoms with van der Waals surface area (Å²) in [5.41, 5.74) is -0.216. The first-order chi connectivity index (χ1) is 11.3. The minimum absolute atomic E-state index is 0.0146. The summed E-state index contributed by atoms with van der Waals surface area (Å²) < 4.78 is 31.5. The lowest BCUT2D eigenvalue weighted by molar-refractivity contribution is -0.384. The van der Waals surface area contributed by atoms with Crippen molar-refractivity contribution in [3.63, 3.8) is 0 Å². The molecule has 0 spiro atoms. The van der Waals surface area contributed by atoms with Crippen LogP contribution < -0.4 is 4.72 Å². The van der Waals surface area contributed by atoms with Gasteiger partial charge in [0.15, 0.2) is 4.34 Å². The number of nitrogens with one attached hydrogen (secondary N) is 1. The molecule has 0 saturated heterocycles. The molecule has 0 aliphatic heterocycles. The van der Waals surface area contributed by atoms with Crippen LogP contribution in [0.1, 0.15) is 0 Å². The number of rotatable bonds is 7. The van der Waals surface area contributed by atoms with Gasteiger partial charge < -0.3 is 4.74 Å². The Morgan fingerprint density at radius 2 is 2.04 bits per heavy atom. The number of benzene rings is 1. The summed E-state index contributed by atoms with van der Waals surface area (Å²) in [6, 6.07) is 4.42. The zero-order chi connectivity index (χ0) is 17.7. The van der Waals surface area contributed by atoms with Crippen LogP contribution in [-0.4, -0.2) is 42.4 Å². The van der Waals surface area contributed by atoms with Gasteiger partial charge in [0.25, 0.3) is 15.7 Å². The van der Waals surface area contributed by atoms with Gasteiger partial charge in [-0.05, 0) is 12.1 Å². The topological polar surface area (TPSA) is 141 Å². The highest BCUT2D eigenvalue weighted by atomic mass is 32.2. The smallest absolute Gasteiger partial charge is 0.316 e. The largest absolute Gasteiger partial charge is 0.468 e. The molecular formula is C11H10N4O6S3. The molecule has 0 radical (unpaired) electrons. The Bertz CT molecular complexity index is 849. The molecule has 0 saturated carbocycles. The Morgan fingerprint density at radius 1 is 1.38 bits per heavy atom. The van der Waals surface area contributed by atoms with Gasteiger partial charge in [-0.25, -0.2) is 8.42 Å². The number of non-ortho nitro benzene ring substituents is 1. The first kappa shape index (κ1) is 18.1. The lowest BCUT2D eigenvalue weighted by atomic mass is 10.3. The zero-order valence-corrected chi connectivity index (χ0v) is 14.5. The molecule has 1 N–H and O–H groups in total. The average molecular weight is 390 g/mol. The van der Waals surface area contributed by atoms with Crippen LogP contribution >= 0.6 is 23.1 Å². The number of anilines is 1. The fraction of sp³-hybridized carbons (Fsp3) is 0.182. The van der Waals surface area contributed by atoms with Crippen LogP contribution in [0.5, 0.6) is 0 Å². The summed E-state index contributed by atoms with van der Waals surface area (Å²) in [6.07, 6.45) is 0. The van der Waals surface area contributed by atoms with Crippen molar-refractivity contribution in [1.82, 2.24) is 10.2 Å². The molecule has 128 valence electrons. The van der Waals surface area contributed by atoms with E-state index in [9.17, 15) is 23.3 Å². The number of carbonyl (C=O) groups excluding carboxylic acids is 1. The van der Waals surface area contributed by atoms with Gasteiger partial charge in [0.1, 0.15) is 0 Å². The van der Waals surface area contributed by atoms with E-state index >= 15 is 0 Å². The number of hydrogen-bond donors (Lipinski definition) is 1. The van der Waals surface area contributed by atoms with Crippen LogP contribution in [0.25, 0.3) is 0 Å². The molecule has 0 fully saturated rings. The quantitative estimate of drug-likeness (QED) is 0.322. The highest BCUT2D eigenvalue weighted by molar-refractivity contribution is 8.01. The first-order valence-electron chi connectivity index (χ1n) is 6.12. The summed E-state index contributed by atoms with van der Waals surface area (Å²) in [5, 5.41) is 18.0. The molecule has 0 amide bonds. The maximum Gasteiger partial charge on any atom is 0.316 e. The third-order valence-electron chi connectivity index (χ3n) is 2.53. The summed E-state index contributed by atoms with van der Waals surface area (Å²) in [7, 11) is -2.69. The number of methoxy groups -OCH3 is 1. The summed E-state index contributed by atoms with van der Waals surface area (Å²) in [5.74, 6) is -0.413. The Balaban J connectivity index is 2.07. The molecule has 2 aromatic rings. The monoisotopic (exact) mass is 390 g/mol. The normalized spacial score (nSPS) is 11.0. The second-order valence-corrected chi connectivity index (χ2v) is 7.98. The molecule has 13 heteroatoms. The third kappa shape index (κ3) is 4.62. The van der Waals surface area contributed by atoms with E-state index in [0.717, 1.165) is 47.4 Å². The van der Waals surface area contributed by atoms with Crippen LogP contribution in [-0.2, 0) is 19.6 Å². The second-order valence-electron chi connectivity index (χ2n) is 4.09. The molecule has 0 atom stereocenters. The van der Waals surface area contributed by atoms with Gasteiger partial charge in [-0.3, -0.25) is 19.6 Å². The number of nitro benzene ring substituents is 1. The van der Waals surface area contributed by atoms with E-state index in [1.165, 1.54) is 7.11 Å². The fourth-order valence-electron chi connectivity index (χ4n) is 1.41. The van der Waals surface area contributed by atoms with Crippen molar-refractivity contribution in [2.75, 3.05) is 17.6 Å². The first-order valence-corrected chi connectivity index (χ1v) is 9.41. The van der Waals surface area contributed by atoms with Crippen molar-refractivity contribution in [3.8, 4) is 0 Å². The summed E-state index contributed by atoms with van der Waals surface area (Å²) >= 11 is 2.01. The van der Waals surface area contributed by atoms with E-state index in [1.807, 2.05) is 0 Å². The molecule has 1 heterocycles. The van der Waals surface area contributed by atoms with Crippen molar-refractivity contribution >= 4 is 49.9 Å². The predicted molar refractivity (Wildman–Crippen MR) is 86.6 cm³/mol. The van der Waals surface area contributed by atoms with Gasteiger partial charge in [-0.1, -0.05) is 23.1 Å². The van der Waals surface area contributed by atoms with Crippen LogP contribution in [0.3, 0.4) is 0 Å². The summed E-state index contributed by atoms with van der Waals surface area (Å²) in [6.45, 7) is 0.